The molecule has 1 aliphatic heterocycles. The first-order valence-corrected chi connectivity index (χ1v) is 7.73. The lowest BCUT2D eigenvalue weighted by Crippen LogP contribution is -2.45. The molecule has 1 aliphatic rings. The van der Waals surface area contributed by atoms with Gasteiger partial charge in [-0.15, -0.1) is 0 Å². The molecule has 0 saturated carbocycles. The Hall–Kier alpha value is -2.38. The van der Waals surface area contributed by atoms with Crippen LogP contribution in [0.2, 0.25) is 0 Å². The summed E-state index contributed by atoms with van der Waals surface area (Å²) in [6.07, 6.45) is -0.526. The van der Waals surface area contributed by atoms with Gasteiger partial charge in [0, 0.05) is 25.5 Å². The number of rotatable bonds is 3. The summed E-state index contributed by atoms with van der Waals surface area (Å²) in [4.78, 5) is 17.7. The number of hydrogen-bond acceptors (Lipinski definition) is 3. The summed E-state index contributed by atoms with van der Waals surface area (Å²) in [5, 5.41) is 4.27. The maximum atomic E-state index is 12.8. The first kappa shape index (κ1) is 16.5. The average molecular weight is 338 g/mol. The monoisotopic (exact) mass is 338 g/mol. The van der Waals surface area contributed by atoms with Gasteiger partial charge in [-0.25, -0.2) is 0 Å². The predicted molar refractivity (Wildman–Crippen MR) is 80.8 cm³/mol. The number of pyridine rings is 1. The quantitative estimate of drug-likeness (QED) is 0.865. The summed E-state index contributed by atoms with van der Waals surface area (Å²) in [6, 6.07) is 7.15. The molecule has 8 heteroatoms. The highest BCUT2D eigenvalue weighted by Crippen LogP contribution is 2.33. The van der Waals surface area contributed by atoms with E-state index in [1.165, 1.54) is 9.58 Å². The topological polar surface area (TPSA) is 51.0 Å². The molecule has 0 aromatic carbocycles. The van der Waals surface area contributed by atoms with Crippen LogP contribution in [0.4, 0.5) is 13.2 Å². The molecule has 2 aromatic rings. The molecule has 1 unspecified atom stereocenters. The first-order valence-electron chi connectivity index (χ1n) is 7.73. The molecule has 0 spiro atoms. The number of amides is 1. The van der Waals surface area contributed by atoms with Gasteiger partial charge in [0.15, 0.2) is 0 Å². The van der Waals surface area contributed by atoms with Gasteiger partial charge < -0.3 is 4.90 Å². The maximum absolute atomic E-state index is 12.8. The van der Waals surface area contributed by atoms with E-state index in [4.69, 9.17) is 0 Å². The molecular weight excluding hydrogens is 321 g/mol. The largest absolute Gasteiger partial charge is 0.393 e. The fraction of sp³-hybridized carbons (Fsp3) is 0.438. The molecule has 0 bridgehead atoms. The van der Waals surface area contributed by atoms with Gasteiger partial charge in [0.2, 0.25) is 5.91 Å². The number of piperidine rings is 1. The molecule has 0 aliphatic carbocycles. The second-order valence-corrected chi connectivity index (χ2v) is 5.83. The third kappa shape index (κ3) is 3.74. The van der Waals surface area contributed by atoms with E-state index in [1.807, 2.05) is 6.07 Å². The minimum absolute atomic E-state index is 0.0720. The van der Waals surface area contributed by atoms with Crippen LogP contribution in [0.5, 0.6) is 0 Å². The zero-order valence-electron chi connectivity index (χ0n) is 12.9. The third-order valence-electron chi connectivity index (χ3n) is 4.10. The second kappa shape index (κ2) is 6.62. The van der Waals surface area contributed by atoms with Crippen LogP contribution in [0.25, 0.3) is 11.4 Å². The normalized spacial score (nSPS) is 18.6. The third-order valence-corrected chi connectivity index (χ3v) is 4.10. The van der Waals surface area contributed by atoms with Crippen molar-refractivity contribution in [1.82, 2.24) is 19.7 Å². The van der Waals surface area contributed by atoms with Gasteiger partial charge in [0.05, 0.1) is 11.6 Å². The van der Waals surface area contributed by atoms with Gasteiger partial charge in [0.1, 0.15) is 12.2 Å². The Morgan fingerprint density at radius 1 is 1.25 bits per heavy atom. The average Bonchev–Trinajstić information content (AvgIpc) is 3.03. The molecule has 0 radical (unpaired) electrons. The molecule has 2 aromatic heterocycles. The first-order chi connectivity index (χ1) is 11.4. The van der Waals surface area contributed by atoms with E-state index in [9.17, 15) is 18.0 Å². The van der Waals surface area contributed by atoms with Crippen molar-refractivity contribution in [3.63, 3.8) is 0 Å². The molecule has 5 nitrogen and oxygen atoms in total. The lowest BCUT2D eigenvalue weighted by atomic mass is 9.97. The number of alkyl halides is 3. The van der Waals surface area contributed by atoms with Gasteiger partial charge in [-0.2, -0.15) is 18.3 Å². The van der Waals surface area contributed by atoms with Gasteiger partial charge >= 0.3 is 6.18 Å². The fourth-order valence-corrected chi connectivity index (χ4v) is 2.81. The van der Waals surface area contributed by atoms with Crippen LogP contribution in [-0.4, -0.2) is 44.8 Å². The summed E-state index contributed by atoms with van der Waals surface area (Å²) in [7, 11) is 0. The fourth-order valence-electron chi connectivity index (χ4n) is 2.81. The number of carbonyl (C=O) groups is 1. The van der Waals surface area contributed by atoms with Gasteiger partial charge in [0.25, 0.3) is 0 Å². The molecule has 1 fully saturated rings. The van der Waals surface area contributed by atoms with Crippen molar-refractivity contribution in [1.29, 1.82) is 0 Å². The Morgan fingerprint density at radius 3 is 2.79 bits per heavy atom. The molecule has 1 amide bonds. The molecule has 1 saturated heterocycles. The van der Waals surface area contributed by atoms with Crippen molar-refractivity contribution in [3.05, 3.63) is 36.7 Å². The van der Waals surface area contributed by atoms with E-state index in [1.54, 1.807) is 30.6 Å². The minimum Gasteiger partial charge on any atom is -0.340 e. The Kier molecular flexibility index (Phi) is 4.55. The van der Waals surface area contributed by atoms with E-state index in [2.05, 4.69) is 10.1 Å². The van der Waals surface area contributed by atoms with Gasteiger partial charge in [-0.1, -0.05) is 6.07 Å². The molecule has 0 N–H and O–H groups in total. The van der Waals surface area contributed by atoms with Crippen molar-refractivity contribution in [2.75, 3.05) is 13.1 Å². The molecular formula is C16H17F3N4O. The second-order valence-electron chi connectivity index (χ2n) is 5.83. The van der Waals surface area contributed by atoms with Crippen LogP contribution in [0, 0.1) is 5.92 Å². The standard InChI is InChI=1S/C16H17F3N4O/c17-16(18,19)12-4-3-8-22(10-12)15(24)11-23-9-6-14(21-23)13-5-1-2-7-20-13/h1-2,5-7,9,12H,3-4,8,10-11H2. The van der Waals surface area contributed by atoms with E-state index in [0.717, 1.165) is 0 Å². The van der Waals surface area contributed by atoms with Crippen LogP contribution in [-0.2, 0) is 11.3 Å². The van der Waals surface area contributed by atoms with Gasteiger partial charge in [-0.05, 0) is 31.0 Å². The van der Waals surface area contributed by atoms with E-state index >= 15 is 0 Å². The summed E-state index contributed by atoms with van der Waals surface area (Å²) >= 11 is 0. The Bertz CT molecular complexity index is 699. The van der Waals surface area contributed by atoms with Gasteiger partial charge in [-0.3, -0.25) is 14.5 Å². The maximum Gasteiger partial charge on any atom is 0.393 e. The van der Waals surface area contributed by atoms with Crippen molar-refractivity contribution in [3.8, 4) is 11.4 Å². The van der Waals surface area contributed by atoms with E-state index in [0.29, 0.717) is 24.4 Å². The highest BCUT2D eigenvalue weighted by atomic mass is 19.4. The number of carbonyl (C=O) groups excluding carboxylic acids is 1. The summed E-state index contributed by atoms with van der Waals surface area (Å²) in [6.45, 7) is 0.0217. The molecule has 1 atom stereocenters. The number of aromatic nitrogens is 3. The smallest absolute Gasteiger partial charge is 0.340 e. The lowest BCUT2D eigenvalue weighted by Gasteiger charge is -2.33. The predicted octanol–water partition coefficient (Wildman–Crippen LogP) is 2.75. The van der Waals surface area contributed by atoms with Crippen molar-refractivity contribution in [2.45, 2.75) is 25.6 Å². The van der Waals surface area contributed by atoms with Crippen molar-refractivity contribution >= 4 is 5.91 Å². The zero-order valence-corrected chi connectivity index (χ0v) is 12.9. The van der Waals surface area contributed by atoms with Crippen LogP contribution in [0.1, 0.15) is 12.8 Å². The highest BCUT2D eigenvalue weighted by Gasteiger charge is 2.42. The zero-order chi connectivity index (χ0) is 17.2. The van der Waals surface area contributed by atoms with Crippen molar-refractivity contribution < 1.29 is 18.0 Å². The SMILES string of the molecule is O=C(Cn1ccc(-c2ccccn2)n1)N1CCCC(C(F)(F)F)C1. The van der Waals surface area contributed by atoms with Crippen molar-refractivity contribution in [2.24, 2.45) is 5.92 Å². The van der Waals surface area contributed by atoms with Crippen LogP contribution in [0.3, 0.4) is 0 Å². The lowest BCUT2D eigenvalue weighted by molar-refractivity contribution is -0.188. The van der Waals surface area contributed by atoms with E-state index < -0.39 is 12.1 Å². The molecule has 3 heterocycles. The molecule has 128 valence electrons. The number of hydrogen-bond donors (Lipinski definition) is 0. The van der Waals surface area contributed by atoms with Crippen LogP contribution in [0.15, 0.2) is 36.7 Å². The Morgan fingerprint density at radius 2 is 2.08 bits per heavy atom. The summed E-state index contributed by atoms with van der Waals surface area (Å²) in [5.41, 5.74) is 1.30. The number of halogens is 3. The van der Waals surface area contributed by atoms with Crippen LogP contribution >= 0.6 is 0 Å². The number of nitrogens with zero attached hydrogens (tertiary/aromatic N) is 4. The highest BCUT2D eigenvalue weighted by molar-refractivity contribution is 5.76. The minimum atomic E-state index is -4.25. The van der Waals surface area contributed by atoms with Crippen LogP contribution < -0.4 is 0 Å². The molecule has 3 rings (SSSR count). The Balaban J connectivity index is 1.64. The number of likely N-dealkylation sites (tertiary alicyclic amines) is 1. The molecule has 24 heavy (non-hydrogen) atoms. The summed E-state index contributed by atoms with van der Waals surface area (Å²) < 4.78 is 39.9. The van der Waals surface area contributed by atoms with E-state index in [-0.39, 0.29) is 25.4 Å². The summed E-state index contributed by atoms with van der Waals surface area (Å²) in [5.74, 6) is -1.78. The Labute approximate surface area is 137 Å².